The van der Waals surface area contributed by atoms with E-state index in [1.807, 2.05) is 0 Å². The van der Waals surface area contributed by atoms with Crippen molar-refractivity contribution in [1.29, 1.82) is 5.26 Å². The van der Waals surface area contributed by atoms with E-state index < -0.39 is 11.7 Å². The van der Waals surface area contributed by atoms with E-state index in [1.54, 1.807) is 6.07 Å². The van der Waals surface area contributed by atoms with E-state index >= 15 is 0 Å². The van der Waals surface area contributed by atoms with E-state index in [4.69, 9.17) is 16.9 Å². The number of nitrogens with zero attached hydrogens (tertiary/aromatic N) is 1. The predicted molar refractivity (Wildman–Crippen MR) is 48.9 cm³/mol. The number of rotatable bonds is 0. The van der Waals surface area contributed by atoms with E-state index in [0.717, 1.165) is 12.1 Å². The van der Waals surface area contributed by atoms with Crippen LogP contribution in [0.4, 0.5) is 13.2 Å². The van der Waals surface area contributed by atoms with Crippen LogP contribution in [0.15, 0.2) is 16.6 Å². The first-order valence-corrected chi connectivity index (χ1v) is 4.49. The monoisotopic (exact) mass is 283 g/mol. The third-order valence-electron chi connectivity index (χ3n) is 1.48. The maximum absolute atomic E-state index is 12.2. The van der Waals surface area contributed by atoms with E-state index in [2.05, 4.69) is 15.9 Å². The second-order valence-electron chi connectivity index (χ2n) is 2.43. The summed E-state index contributed by atoms with van der Waals surface area (Å²) in [4.78, 5) is 0. The van der Waals surface area contributed by atoms with Crippen LogP contribution in [0.2, 0.25) is 5.02 Å². The molecule has 0 aliphatic carbocycles. The Kier molecular flexibility index (Phi) is 3.07. The van der Waals surface area contributed by atoms with Crippen LogP contribution in [0.3, 0.4) is 0 Å². The van der Waals surface area contributed by atoms with Crippen LogP contribution in [-0.4, -0.2) is 0 Å². The Morgan fingerprint density at radius 1 is 1.36 bits per heavy atom. The van der Waals surface area contributed by atoms with Crippen molar-refractivity contribution in [2.45, 2.75) is 6.18 Å². The highest BCUT2D eigenvalue weighted by molar-refractivity contribution is 9.10. The van der Waals surface area contributed by atoms with Gasteiger partial charge in [0.05, 0.1) is 20.6 Å². The van der Waals surface area contributed by atoms with Crippen LogP contribution in [0.1, 0.15) is 11.1 Å². The number of hydrogen-bond donors (Lipinski definition) is 0. The average Bonchev–Trinajstić information content (AvgIpc) is 2.07. The summed E-state index contributed by atoms with van der Waals surface area (Å²) >= 11 is 8.43. The minimum atomic E-state index is -4.49. The molecule has 0 aliphatic heterocycles. The summed E-state index contributed by atoms with van der Waals surface area (Å²) < 4.78 is 36.9. The largest absolute Gasteiger partial charge is 0.416 e. The Bertz CT molecular complexity index is 408. The fourth-order valence-electron chi connectivity index (χ4n) is 0.834. The van der Waals surface area contributed by atoms with Gasteiger partial charge < -0.3 is 0 Å². The quantitative estimate of drug-likeness (QED) is 0.706. The van der Waals surface area contributed by atoms with Crippen LogP contribution in [0, 0.1) is 11.3 Å². The molecule has 0 aromatic heterocycles. The molecule has 0 spiro atoms. The summed E-state index contributed by atoms with van der Waals surface area (Å²) in [6, 6.07) is 3.13. The van der Waals surface area contributed by atoms with Crippen molar-refractivity contribution in [2.75, 3.05) is 0 Å². The zero-order chi connectivity index (χ0) is 10.9. The molecule has 0 radical (unpaired) electrons. The van der Waals surface area contributed by atoms with Crippen molar-refractivity contribution in [3.63, 3.8) is 0 Å². The van der Waals surface area contributed by atoms with Crippen LogP contribution in [-0.2, 0) is 6.18 Å². The molecule has 0 saturated carbocycles. The highest BCUT2D eigenvalue weighted by atomic mass is 79.9. The smallest absolute Gasteiger partial charge is 0.192 e. The fraction of sp³-hybridized carbons (Fsp3) is 0.125. The van der Waals surface area contributed by atoms with Gasteiger partial charge in [-0.05, 0) is 28.1 Å². The number of halogens is 5. The number of benzene rings is 1. The van der Waals surface area contributed by atoms with Gasteiger partial charge in [0.25, 0.3) is 0 Å². The van der Waals surface area contributed by atoms with E-state index in [-0.39, 0.29) is 15.1 Å². The van der Waals surface area contributed by atoms with Gasteiger partial charge in [-0.15, -0.1) is 0 Å². The highest BCUT2D eigenvalue weighted by Crippen LogP contribution is 2.35. The maximum atomic E-state index is 12.2. The highest BCUT2D eigenvalue weighted by Gasteiger charge is 2.31. The second-order valence-corrected chi connectivity index (χ2v) is 3.63. The van der Waals surface area contributed by atoms with Crippen LogP contribution in [0.5, 0.6) is 0 Å². The van der Waals surface area contributed by atoms with Gasteiger partial charge in [-0.25, -0.2) is 0 Å². The molecule has 0 aliphatic rings. The first-order chi connectivity index (χ1) is 6.36. The topological polar surface area (TPSA) is 23.8 Å². The second kappa shape index (κ2) is 3.79. The number of alkyl halides is 3. The summed E-state index contributed by atoms with van der Waals surface area (Å²) in [5.41, 5.74) is -1.06. The molecule has 1 aromatic rings. The molecule has 0 fully saturated rings. The molecule has 6 heteroatoms. The van der Waals surface area contributed by atoms with Gasteiger partial charge in [-0.1, -0.05) is 11.6 Å². The van der Waals surface area contributed by atoms with E-state index in [9.17, 15) is 13.2 Å². The fourth-order valence-corrected chi connectivity index (χ4v) is 1.37. The SMILES string of the molecule is N#Cc1cc(C(F)(F)F)cc(Cl)c1Br. The lowest BCUT2D eigenvalue weighted by Crippen LogP contribution is -2.05. The standard InChI is InChI=1S/C8H2BrClF3N/c9-7-4(3-14)1-5(2-6(7)10)8(11,12)13/h1-2H. The molecular formula is C8H2BrClF3N. The third kappa shape index (κ3) is 2.20. The Balaban J connectivity index is 3.40. The molecule has 0 saturated heterocycles. The van der Waals surface area contributed by atoms with Crippen molar-refractivity contribution >= 4 is 27.5 Å². The Morgan fingerprint density at radius 3 is 2.36 bits per heavy atom. The molecule has 1 nitrogen and oxygen atoms in total. The molecular weight excluding hydrogens is 282 g/mol. The van der Waals surface area contributed by atoms with Gasteiger partial charge >= 0.3 is 6.18 Å². The predicted octanol–water partition coefficient (Wildman–Crippen LogP) is 3.99. The molecule has 1 aromatic carbocycles. The lowest BCUT2D eigenvalue weighted by molar-refractivity contribution is -0.137. The van der Waals surface area contributed by atoms with E-state index in [1.165, 1.54) is 0 Å². The molecule has 0 heterocycles. The molecule has 14 heavy (non-hydrogen) atoms. The molecule has 0 amide bonds. The van der Waals surface area contributed by atoms with Crippen molar-refractivity contribution in [1.82, 2.24) is 0 Å². The maximum Gasteiger partial charge on any atom is 0.416 e. The molecule has 1 rings (SSSR count). The van der Waals surface area contributed by atoms with Crippen LogP contribution >= 0.6 is 27.5 Å². The molecule has 0 atom stereocenters. The molecule has 0 N–H and O–H groups in total. The molecule has 0 unspecified atom stereocenters. The lowest BCUT2D eigenvalue weighted by Gasteiger charge is -2.08. The Morgan fingerprint density at radius 2 is 1.93 bits per heavy atom. The first-order valence-electron chi connectivity index (χ1n) is 3.32. The Labute approximate surface area is 91.2 Å². The summed E-state index contributed by atoms with van der Waals surface area (Å²) in [5, 5.41) is 8.40. The van der Waals surface area contributed by atoms with Gasteiger partial charge in [0.2, 0.25) is 0 Å². The lowest BCUT2D eigenvalue weighted by atomic mass is 10.1. The summed E-state index contributed by atoms with van der Waals surface area (Å²) in [6.45, 7) is 0. The van der Waals surface area contributed by atoms with Gasteiger partial charge in [-0.2, -0.15) is 18.4 Å². The molecule has 74 valence electrons. The third-order valence-corrected chi connectivity index (χ3v) is 2.86. The normalized spacial score (nSPS) is 11.1. The first kappa shape index (κ1) is 11.3. The summed E-state index contributed by atoms with van der Waals surface area (Å²) in [7, 11) is 0. The zero-order valence-electron chi connectivity index (χ0n) is 6.49. The van der Waals surface area contributed by atoms with Gasteiger partial charge in [0, 0.05) is 0 Å². The van der Waals surface area contributed by atoms with Crippen LogP contribution in [0.25, 0.3) is 0 Å². The summed E-state index contributed by atoms with van der Waals surface area (Å²) in [6.07, 6.45) is -4.49. The van der Waals surface area contributed by atoms with Gasteiger partial charge in [0.15, 0.2) is 0 Å². The van der Waals surface area contributed by atoms with Crippen molar-refractivity contribution in [3.05, 3.63) is 32.8 Å². The van der Waals surface area contributed by atoms with Crippen molar-refractivity contribution in [3.8, 4) is 6.07 Å². The summed E-state index contributed by atoms with van der Waals surface area (Å²) in [5.74, 6) is 0. The minimum Gasteiger partial charge on any atom is -0.192 e. The zero-order valence-corrected chi connectivity index (χ0v) is 8.83. The van der Waals surface area contributed by atoms with Crippen molar-refractivity contribution in [2.24, 2.45) is 0 Å². The average molecular weight is 284 g/mol. The number of nitriles is 1. The number of hydrogen-bond acceptors (Lipinski definition) is 1. The van der Waals surface area contributed by atoms with Gasteiger partial charge in [0.1, 0.15) is 6.07 Å². The van der Waals surface area contributed by atoms with Gasteiger partial charge in [-0.3, -0.25) is 0 Å². The van der Waals surface area contributed by atoms with Crippen LogP contribution < -0.4 is 0 Å². The minimum absolute atomic E-state index is 0.128. The Hall–Kier alpha value is -0.730. The van der Waals surface area contributed by atoms with E-state index in [0.29, 0.717) is 0 Å². The van der Waals surface area contributed by atoms with Crippen molar-refractivity contribution < 1.29 is 13.2 Å². The molecule has 0 bridgehead atoms.